The van der Waals surface area contributed by atoms with Gasteiger partial charge in [0.05, 0.1) is 15.6 Å². The Morgan fingerprint density at radius 1 is 1.24 bits per heavy atom. The summed E-state index contributed by atoms with van der Waals surface area (Å²) in [6.45, 7) is 1.97. The monoisotopic (exact) mass is 276 g/mol. The van der Waals surface area contributed by atoms with E-state index >= 15 is 0 Å². The van der Waals surface area contributed by atoms with Gasteiger partial charge in [0.1, 0.15) is 0 Å². The molecule has 0 radical (unpaired) electrons. The summed E-state index contributed by atoms with van der Waals surface area (Å²) >= 11 is 6.06. The summed E-state index contributed by atoms with van der Waals surface area (Å²) in [5.41, 5.74) is 0.956. The van der Waals surface area contributed by atoms with E-state index in [9.17, 15) is 10.1 Å². The molecule has 1 aromatic rings. The van der Waals surface area contributed by atoms with Crippen molar-refractivity contribution in [3.8, 4) is 0 Å². The molecule has 0 aliphatic carbocycles. The first-order chi connectivity index (χ1) is 7.68. The van der Waals surface area contributed by atoms with Gasteiger partial charge in [-0.05, 0) is 25.3 Å². The number of nitro groups is 1. The van der Waals surface area contributed by atoms with Crippen molar-refractivity contribution >= 4 is 35.4 Å². The quantitative estimate of drug-likeness (QED) is 0.612. The van der Waals surface area contributed by atoms with E-state index in [-0.39, 0.29) is 18.1 Å². The van der Waals surface area contributed by atoms with Gasteiger partial charge in [-0.3, -0.25) is 10.1 Å². The third kappa shape index (κ3) is 3.23. The predicted octanol–water partition coefficient (Wildman–Crippen LogP) is 3.66. The van der Waals surface area contributed by atoms with E-state index in [0.717, 1.165) is 31.6 Å². The van der Waals surface area contributed by atoms with Gasteiger partial charge < -0.3 is 4.90 Å². The summed E-state index contributed by atoms with van der Waals surface area (Å²) < 4.78 is 0. The van der Waals surface area contributed by atoms with Gasteiger partial charge in [-0.1, -0.05) is 11.6 Å². The van der Waals surface area contributed by atoms with Gasteiger partial charge in [0.2, 0.25) is 0 Å². The molecular weight excluding hydrogens is 263 g/mol. The Labute approximate surface area is 111 Å². The molecule has 1 aliphatic heterocycles. The molecule has 0 atom stereocenters. The molecule has 1 heterocycles. The van der Waals surface area contributed by atoms with Gasteiger partial charge in [0.15, 0.2) is 0 Å². The van der Waals surface area contributed by atoms with Crippen LogP contribution in [0.2, 0.25) is 5.02 Å². The van der Waals surface area contributed by atoms with Gasteiger partial charge in [0, 0.05) is 25.2 Å². The fourth-order valence-electron chi connectivity index (χ4n) is 2.00. The zero-order valence-corrected chi connectivity index (χ0v) is 10.8. The Morgan fingerprint density at radius 3 is 2.41 bits per heavy atom. The maximum Gasteiger partial charge on any atom is 0.271 e. The summed E-state index contributed by atoms with van der Waals surface area (Å²) in [5, 5.41) is 11.0. The normalized spacial score (nSPS) is 15.2. The highest BCUT2D eigenvalue weighted by Gasteiger charge is 2.16. The number of non-ortho nitro benzene ring substituents is 1. The Balaban J connectivity index is 0.00000144. The van der Waals surface area contributed by atoms with Crippen LogP contribution in [-0.2, 0) is 0 Å². The van der Waals surface area contributed by atoms with Crippen molar-refractivity contribution in [2.75, 3.05) is 18.0 Å². The lowest BCUT2D eigenvalue weighted by molar-refractivity contribution is -0.384. The van der Waals surface area contributed by atoms with Crippen molar-refractivity contribution in [2.24, 2.45) is 0 Å². The van der Waals surface area contributed by atoms with Crippen molar-refractivity contribution in [3.63, 3.8) is 0 Å². The lowest BCUT2D eigenvalue weighted by Crippen LogP contribution is -2.29. The third-order valence-electron chi connectivity index (χ3n) is 2.84. The molecule has 1 aromatic carbocycles. The van der Waals surface area contributed by atoms with Crippen LogP contribution < -0.4 is 4.90 Å². The van der Waals surface area contributed by atoms with Crippen molar-refractivity contribution in [2.45, 2.75) is 19.3 Å². The molecule has 0 saturated carbocycles. The molecule has 1 fully saturated rings. The van der Waals surface area contributed by atoms with E-state index in [4.69, 9.17) is 11.6 Å². The number of piperidine rings is 1. The lowest BCUT2D eigenvalue weighted by Gasteiger charge is -2.29. The topological polar surface area (TPSA) is 46.4 Å². The highest BCUT2D eigenvalue weighted by Crippen LogP contribution is 2.31. The molecule has 94 valence electrons. The number of benzene rings is 1. The Bertz CT molecular complexity index is 406. The smallest absolute Gasteiger partial charge is 0.271 e. The molecule has 0 aromatic heterocycles. The molecule has 0 spiro atoms. The third-order valence-corrected chi connectivity index (χ3v) is 3.14. The van der Waals surface area contributed by atoms with Crippen molar-refractivity contribution in [1.82, 2.24) is 0 Å². The Hall–Kier alpha value is -1.00. The maximum absolute atomic E-state index is 10.6. The molecule has 0 bridgehead atoms. The number of nitrogens with zero attached hydrogens (tertiary/aromatic N) is 2. The molecule has 0 N–H and O–H groups in total. The molecule has 17 heavy (non-hydrogen) atoms. The molecule has 1 saturated heterocycles. The van der Waals surface area contributed by atoms with Gasteiger partial charge in [-0.2, -0.15) is 0 Å². The lowest BCUT2D eigenvalue weighted by atomic mass is 10.1. The fraction of sp³-hybridized carbons (Fsp3) is 0.455. The van der Waals surface area contributed by atoms with Crippen LogP contribution in [0.4, 0.5) is 11.4 Å². The van der Waals surface area contributed by atoms with E-state index in [1.807, 2.05) is 0 Å². The number of anilines is 1. The summed E-state index contributed by atoms with van der Waals surface area (Å²) in [4.78, 5) is 12.3. The minimum Gasteiger partial charge on any atom is -0.370 e. The number of rotatable bonds is 2. The summed E-state index contributed by atoms with van der Waals surface area (Å²) in [5.74, 6) is 0. The van der Waals surface area contributed by atoms with Crippen LogP contribution in [0.3, 0.4) is 0 Å². The highest BCUT2D eigenvalue weighted by atomic mass is 35.5. The van der Waals surface area contributed by atoms with Crippen LogP contribution in [0.25, 0.3) is 0 Å². The second kappa shape index (κ2) is 6.07. The Morgan fingerprint density at radius 2 is 1.88 bits per heavy atom. The predicted molar refractivity (Wildman–Crippen MR) is 71.4 cm³/mol. The summed E-state index contributed by atoms with van der Waals surface area (Å²) in [7, 11) is 0. The van der Waals surface area contributed by atoms with E-state index in [1.54, 1.807) is 6.07 Å². The average Bonchev–Trinajstić information content (AvgIpc) is 2.30. The zero-order chi connectivity index (χ0) is 11.5. The number of hydrogen-bond acceptors (Lipinski definition) is 3. The fourth-order valence-corrected chi connectivity index (χ4v) is 2.29. The minimum absolute atomic E-state index is 0. The van der Waals surface area contributed by atoms with Crippen LogP contribution in [0.5, 0.6) is 0 Å². The van der Waals surface area contributed by atoms with E-state index in [0.29, 0.717) is 5.02 Å². The maximum atomic E-state index is 10.6. The first-order valence-corrected chi connectivity index (χ1v) is 5.75. The van der Waals surface area contributed by atoms with Gasteiger partial charge in [-0.15, -0.1) is 12.4 Å². The van der Waals surface area contributed by atoms with E-state index in [1.165, 1.54) is 18.6 Å². The second-order valence-electron chi connectivity index (χ2n) is 3.94. The van der Waals surface area contributed by atoms with E-state index in [2.05, 4.69) is 4.90 Å². The number of nitro benzene ring substituents is 1. The molecule has 0 amide bonds. The molecule has 2 rings (SSSR count). The average molecular weight is 277 g/mol. The van der Waals surface area contributed by atoms with Crippen molar-refractivity contribution < 1.29 is 4.92 Å². The van der Waals surface area contributed by atoms with Crippen molar-refractivity contribution in [1.29, 1.82) is 0 Å². The first-order valence-electron chi connectivity index (χ1n) is 5.37. The van der Waals surface area contributed by atoms with Crippen LogP contribution in [0.1, 0.15) is 19.3 Å². The molecule has 0 unspecified atom stereocenters. The standard InChI is InChI=1S/C11H13ClN2O2.ClH/c12-10-8-9(14(15)16)4-5-11(10)13-6-2-1-3-7-13;/h4-5,8H,1-3,6-7H2;1H. The molecular formula is C11H14Cl2N2O2. The number of hydrogen-bond donors (Lipinski definition) is 0. The first kappa shape index (κ1) is 14.1. The number of halogens is 2. The second-order valence-corrected chi connectivity index (χ2v) is 4.35. The molecule has 4 nitrogen and oxygen atoms in total. The van der Waals surface area contributed by atoms with Crippen LogP contribution in [0, 0.1) is 10.1 Å². The molecule has 6 heteroatoms. The minimum atomic E-state index is -0.425. The van der Waals surface area contributed by atoms with Gasteiger partial charge >= 0.3 is 0 Å². The highest BCUT2D eigenvalue weighted by molar-refractivity contribution is 6.33. The van der Waals surface area contributed by atoms with Crippen LogP contribution >= 0.6 is 24.0 Å². The SMILES string of the molecule is Cl.O=[N+]([O-])c1ccc(N2CCCCC2)c(Cl)c1. The summed E-state index contributed by atoms with van der Waals surface area (Å²) in [6, 6.07) is 4.67. The van der Waals surface area contributed by atoms with Gasteiger partial charge in [-0.25, -0.2) is 0 Å². The summed E-state index contributed by atoms with van der Waals surface area (Å²) in [6.07, 6.45) is 3.57. The Kier molecular flexibility index (Phi) is 5.02. The van der Waals surface area contributed by atoms with Gasteiger partial charge in [0.25, 0.3) is 5.69 Å². The van der Waals surface area contributed by atoms with E-state index < -0.39 is 4.92 Å². The largest absolute Gasteiger partial charge is 0.370 e. The molecule has 1 aliphatic rings. The van der Waals surface area contributed by atoms with Crippen LogP contribution in [-0.4, -0.2) is 18.0 Å². The van der Waals surface area contributed by atoms with Crippen molar-refractivity contribution in [3.05, 3.63) is 33.3 Å². The van der Waals surface area contributed by atoms with Crippen LogP contribution in [0.15, 0.2) is 18.2 Å². The zero-order valence-electron chi connectivity index (χ0n) is 9.26.